The fourth-order valence-electron chi connectivity index (χ4n) is 1.23. The van der Waals surface area contributed by atoms with Crippen LogP contribution in [0, 0.1) is 4.77 Å². The van der Waals surface area contributed by atoms with Crippen molar-refractivity contribution < 1.29 is 4.74 Å². The number of unbranched alkanes of at least 4 members (excludes halogenated alkanes) is 1. The lowest BCUT2D eigenvalue weighted by molar-refractivity contribution is 0.0754. The minimum atomic E-state index is -0.176. The minimum Gasteiger partial charge on any atom is -0.379 e. The Morgan fingerprint density at radius 2 is 2.13 bits per heavy atom. The number of H-pyrrole nitrogens is 2. The Morgan fingerprint density at radius 1 is 1.40 bits per heavy atom. The number of rotatable bonds is 6. The zero-order valence-corrected chi connectivity index (χ0v) is 9.89. The molecule has 0 saturated carbocycles. The van der Waals surface area contributed by atoms with Crippen molar-refractivity contribution in [2.45, 2.75) is 39.3 Å². The first-order valence-electron chi connectivity index (χ1n) is 5.10. The maximum Gasteiger partial charge on any atom is 0.342 e. The van der Waals surface area contributed by atoms with Crippen LogP contribution < -0.4 is 5.69 Å². The van der Waals surface area contributed by atoms with Crippen molar-refractivity contribution in [3.8, 4) is 0 Å². The second-order valence-electron chi connectivity index (χ2n) is 3.64. The van der Waals surface area contributed by atoms with Crippen LogP contribution in [-0.4, -0.2) is 27.5 Å². The van der Waals surface area contributed by atoms with E-state index < -0.39 is 0 Å². The molecule has 0 aliphatic rings. The molecule has 1 rings (SSSR count). The molecular weight excluding hydrogens is 214 g/mol. The highest BCUT2D eigenvalue weighted by Gasteiger charge is 1.99. The van der Waals surface area contributed by atoms with Gasteiger partial charge in [0.1, 0.15) is 0 Å². The molecule has 0 unspecified atom stereocenters. The molecule has 2 N–H and O–H groups in total. The van der Waals surface area contributed by atoms with Crippen LogP contribution in [0.3, 0.4) is 0 Å². The van der Waals surface area contributed by atoms with Crippen molar-refractivity contribution in [1.29, 1.82) is 0 Å². The van der Waals surface area contributed by atoms with E-state index >= 15 is 0 Å². The summed E-state index contributed by atoms with van der Waals surface area (Å²) in [7, 11) is 0. The molecule has 86 valence electrons. The first-order chi connectivity index (χ1) is 7.11. The summed E-state index contributed by atoms with van der Waals surface area (Å²) in [6, 6.07) is 0. The Labute approximate surface area is 93.4 Å². The second kappa shape index (κ2) is 5.87. The lowest BCUT2D eigenvalue weighted by atomic mass is 10.3. The third-order valence-electron chi connectivity index (χ3n) is 1.99. The van der Waals surface area contributed by atoms with Gasteiger partial charge in [0.15, 0.2) is 4.77 Å². The monoisotopic (exact) mass is 231 g/mol. The van der Waals surface area contributed by atoms with E-state index in [1.54, 1.807) is 0 Å². The van der Waals surface area contributed by atoms with Gasteiger partial charge in [0.25, 0.3) is 0 Å². The molecule has 0 aliphatic heterocycles. The van der Waals surface area contributed by atoms with E-state index in [9.17, 15) is 4.79 Å². The summed E-state index contributed by atoms with van der Waals surface area (Å²) in [5, 5.41) is 5.05. The maximum absolute atomic E-state index is 11.2. The number of aromatic amines is 2. The molecule has 0 radical (unpaired) electrons. The molecule has 0 aliphatic carbocycles. The van der Waals surface area contributed by atoms with Crippen LogP contribution in [0.5, 0.6) is 0 Å². The molecule has 15 heavy (non-hydrogen) atoms. The highest BCUT2D eigenvalue weighted by Crippen LogP contribution is 1.96. The van der Waals surface area contributed by atoms with Gasteiger partial charge in [-0.3, -0.25) is 9.67 Å². The van der Waals surface area contributed by atoms with Gasteiger partial charge in [0, 0.05) is 13.2 Å². The van der Waals surface area contributed by atoms with Crippen LogP contribution in [0.1, 0.15) is 26.7 Å². The summed E-state index contributed by atoms with van der Waals surface area (Å²) in [5.41, 5.74) is -0.176. The van der Waals surface area contributed by atoms with Crippen molar-refractivity contribution in [3.63, 3.8) is 0 Å². The average molecular weight is 231 g/mol. The molecule has 0 atom stereocenters. The topological polar surface area (TPSA) is 62.8 Å². The smallest absolute Gasteiger partial charge is 0.342 e. The van der Waals surface area contributed by atoms with Gasteiger partial charge in [-0.05, 0) is 38.9 Å². The zero-order chi connectivity index (χ0) is 11.3. The molecule has 1 heterocycles. The number of ether oxygens (including phenoxy) is 1. The molecule has 0 saturated heterocycles. The number of nitrogens with zero attached hydrogens (tertiary/aromatic N) is 1. The average Bonchev–Trinajstić information content (AvgIpc) is 2.47. The van der Waals surface area contributed by atoms with Crippen molar-refractivity contribution in [1.82, 2.24) is 14.8 Å². The van der Waals surface area contributed by atoms with Crippen molar-refractivity contribution in [2.24, 2.45) is 0 Å². The highest BCUT2D eigenvalue weighted by molar-refractivity contribution is 7.71. The molecule has 0 bridgehead atoms. The molecule has 1 aromatic rings. The van der Waals surface area contributed by atoms with Gasteiger partial charge < -0.3 is 4.74 Å². The van der Waals surface area contributed by atoms with Crippen molar-refractivity contribution in [3.05, 3.63) is 15.3 Å². The van der Waals surface area contributed by atoms with Gasteiger partial charge in [0.05, 0.1) is 6.10 Å². The highest BCUT2D eigenvalue weighted by atomic mass is 32.1. The third kappa shape index (κ3) is 4.01. The van der Waals surface area contributed by atoms with Gasteiger partial charge in [-0.25, -0.2) is 9.89 Å². The van der Waals surface area contributed by atoms with Crippen LogP contribution in [0.25, 0.3) is 0 Å². The summed E-state index contributed by atoms with van der Waals surface area (Å²) < 4.78 is 7.36. The second-order valence-corrected chi connectivity index (χ2v) is 4.03. The molecular formula is C9H17N3O2S. The van der Waals surface area contributed by atoms with Gasteiger partial charge in [0.2, 0.25) is 0 Å². The molecule has 0 fully saturated rings. The number of hydrogen-bond acceptors (Lipinski definition) is 3. The molecule has 0 spiro atoms. The summed E-state index contributed by atoms with van der Waals surface area (Å²) in [6.07, 6.45) is 2.09. The largest absolute Gasteiger partial charge is 0.379 e. The SMILES string of the molecule is CC(C)OCCCCn1c(=O)[nH][nH]c1=S. The normalized spacial score (nSPS) is 11.1. The van der Waals surface area contributed by atoms with Crippen molar-refractivity contribution in [2.75, 3.05) is 6.61 Å². The Morgan fingerprint density at radius 3 is 2.67 bits per heavy atom. The van der Waals surface area contributed by atoms with Crippen LogP contribution in [-0.2, 0) is 11.3 Å². The van der Waals surface area contributed by atoms with Crippen LogP contribution in [0.2, 0.25) is 0 Å². The van der Waals surface area contributed by atoms with E-state index in [0.717, 1.165) is 19.4 Å². The van der Waals surface area contributed by atoms with E-state index in [1.807, 2.05) is 13.8 Å². The van der Waals surface area contributed by atoms with Crippen LogP contribution in [0.15, 0.2) is 4.79 Å². The minimum absolute atomic E-state index is 0.176. The fraction of sp³-hybridized carbons (Fsp3) is 0.778. The summed E-state index contributed by atoms with van der Waals surface area (Å²) in [5.74, 6) is 0. The number of aromatic nitrogens is 3. The fourth-order valence-corrected chi connectivity index (χ4v) is 1.45. The predicted molar refractivity (Wildman–Crippen MR) is 60.6 cm³/mol. The standard InChI is InChI=1S/C9H17N3O2S/c1-7(2)14-6-4-3-5-12-8(13)10-11-9(12)15/h7H,3-6H2,1-2H3,(H,10,13)(H,11,15). The predicted octanol–water partition coefficient (Wildman–Crippen LogP) is 1.44. The van der Waals surface area contributed by atoms with Crippen LogP contribution in [0.4, 0.5) is 0 Å². The summed E-state index contributed by atoms with van der Waals surface area (Å²) in [4.78, 5) is 11.2. The Balaban J connectivity index is 2.27. The van der Waals surface area contributed by atoms with Crippen molar-refractivity contribution >= 4 is 12.2 Å². The van der Waals surface area contributed by atoms with E-state index in [0.29, 0.717) is 11.3 Å². The molecule has 0 amide bonds. The lowest BCUT2D eigenvalue weighted by Gasteiger charge is -2.06. The quantitative estimate of drug-likeness (QED) is 0.575. The van der Waals surface area contributed by atoms with Crippen LogP contribution >= 0.6 is 12.2 Å². The van der Waals surface area contributed by atoms with E-state index in [4.69, 9.17) is 17.0 Å². The number of hydrogen-bond donors (Lipinski definition) is 2. The zero-order valence-electron chi connectivity index (χ0n) is 9.08. The lowest BCUT2D eigenvalue weighted by Crippen LogP contribution is -2.17. The Kier molecular flexibility index (Phi) is 4.77. The van der Waals surface area contributed by atoms with E-state index in [-0.39, 0.29) is 11.8 Å². The summed E-state index contributed by atoms with van der Waals surface area (Å²) in [6.45, 7) is 5.38. The first-order valence-corrected chi connectivity index (χ1v) is 5.51. The third-order valence-corrected chi connectivity index (χ3v) is 2.32. The Hall–Kier alpha value is -0.880. The van der Waals surface area contributed by atoms with E-state index in [2.05, 4.69) is 10.2 Å². The van der Waals surface area contributed by atoms with Gasteiger partial charge in [-0.1, -0.05) is 0 Å². The molecule has 5 nitrogen and oxygen atoms in total. The molecule has 1 aromatic heterocycles. The Bertz CT molecular complexity index is 363. The first kappa shape index (κ1) is 12.2. The van der Waals surface area contributed by atoms with Gasteiger partial charge in [-0.2, -0.15) is 0 Å². The molecule has 6 heteroatoms. The maximum atomic E-state index is 11.2. The molecule has 0 aromatic carbocycles. The van der Waals surface area contributed by atoms with Gasteiger partial charge >= 0.3 is 5.69 Å². The summed E-state index contributed by atoms with van der Waals surface area (Å²) >= 11 is 4.94. The number of nitrogens with one attached hydrogen (secondary N) is 2. The van der Waals surface area contributed by atoms with Gasteiger partial charge in [-0.15, -0.1) is 0 Å². The van der Waals surface area contributed by atoms with E-state index in [1.165, 1.54) is 4.57 Å².